The third-order valence-corrected chi connectivity index (χ3v) is 4.05. The minimum Gasteiger partial charge on any atom is -0.325 e. The van der Waals surface area contributed by atoms with E-state index >= 15 is 0 Å². The van der Waals surface area contributed by atoms with Crippen molar-refractivity contribution in [1.82, 2.24) is 0 Å². The lowest BCUT2D eigenvalue weighted by molar-refractivity contribution is -0.116. The second-order valence-corrected chi connectivity index (χ2v) is 5.90. The van der Waals surface area contributed by atoms with E-state index in [9.17, 15) is 4.79 Å². The maximum atomic E-state index is 11.8. The Morgan fingerprint density at radius 2 is 2.21 bits per heavy atom. The molecule has 2 nitrogen and oxygen atoms in total. The number of carbonyl (C=O) groups is 1. The van der Waals surface area contributed by atoms with Crippen LogP contribution in [0.25, 0.3) is 0 Å². The van der Waals surface area contributed by atoms with Gasteiger partial charge >= 0.3 is 0 Å². The Morgan fingerprint density at radius 3 is 2.89 bits per heavy atom. The van der Waals surface area contributed by atoms with Crippen molar-refractivity contribution in [3.63, 3.8) is 0 Å². The van der Waals surface area contributed by atoms with Gasteiger partial charge < -0.3 is 5.32 Å². The van der Waals surface area contributed by atoms with Gasteiger partial charge in [-0.15, -0.1) is 11.3 Å². The van der Waals surface area contributed by atoms with Crippen molar-refractivity contribution in [2.75, 3.05) is 5.32 Å². The number of halogens is 1. The van der Waals surface area contributed by atoms with Crippen molar-refractivity contribution in [1.29, 1.82) is 0 Å². The van der Waals surface area contributed by atoms with Crippen LogP contribution in [0.4, 0.5) is 5.69 Å². The lowest BCUT2D eigenvalue weighted by Gasteiger charge is -2.07. The third-order valence-electron chi connectivity index (χ3n) is 2.81. The van der Waals surface area contributed by atoms with Gasteiger partial charge in [0, 0.05) is 11.3 Å². The Labute approximate surface area is 122 Å². The van der Waals surface area contributed by atoms with Crippen molar-refractivity contribution in [2.24, 2.45) is 0 Å². The molecule has 0 aliphatic carbocycles. The fourth-order valence-electron chi connectivity index (χ4n) is 1.81. The van der Waals surface area contributed by atoms with Gasteiger partial charge in [0.15, 0.2) is 0 Å². The molecule has 0 bridgehead atoms. The van der Waals surface area contributed by atoms with E-state index in [1.165, 1.54) is 4.88 Å². The zero-order valence-electron chi connectivity index (χ0n) is 10.8. The molecule has 100 valence electrons. The number of rotatable bonds is 5. The zero-order valence-corrected chi connectivity index (χ0v) is 12.4. The molecule has 1 N–H and O–H groups in total. The van der Waals surface area contributed by atoms with Crippen LogP contribution in [0.15, 0.2) is 35.7 Å². The van der Waals surface area contributed by atoms with Gasteiger partial charge in [-0.1, -0.05) is 23.7 Å². The minimum atomic E-state index is 0.0160. The maximum absolute atomic E-state index is 11.8. The van der Waals surface area contributed by atoms with Gasteiger partial charge in [-0.3, -0.25) is 4.79 Å². The van der Waals surface area contributed by atoms with Gasteiger partial charge in [0.1, 0.15) is 0 Å². The number of benzene rings is 1. The van der Waals surface area contributed by atoms with Crippen molar-refractivity contribution >= 4 is 34.5 Å². The highest BCUT2D eigenvalue weighted by atomic mass is 35.5. The molecule has 1 aromatic heterocycles. The average Bonchev–Trinajstić information content (AvgIpc) is 2.86. The summed E-state index contributed by atoms with van der Waals surface area (Å²) >= 11 is 7.81. The number of carbonyl (C=O) groups excluding carboxylic acids is 1. The van der Waals surface area contributed by atoms with E-state index in [2.05, 4.69) is 16.8 Å². The van der Waals surface area contributed by atoms with Crippen LogP contribution in [-0.4, -0.2) is 5.91 Å². The molecule has 2 aromatic rings. The lowest BCUT2D eigenvalue weighted by atomic mass is 10.2. The smallest absolute Gasteiger partial charge is 0.224 e. The fraction of sp³-hybridized carbons (Fsp3) is 0.267. The molecule has 0 fully saturated rings. The molecule has 0 radical (unpaired) electrons. The van der Waals surface area contributed by atoms with Crippen LogP contribution in [-0.2, 0) is 11.2 Å². The van der Waals surface area contributed by atoms with E-state index in [1.807, 2.05) is 31.2 Å². The van der Waals surface area contributed by atoms with Crippen molar-refractivity contribution in [3.05, 3.63) is 51.2 Å². The molecule has 1 amide bonds. The van der Waals surface area contributed by atoms with Crippen LogP contribution >= 0.6 is 22.9 Å². The Bertz CT molecular complexity index is 551. The molecule has 0 saturated carbocycles. The summed E-state index contributed by atoms with van der Waals surface area (Å²) < 4.78 is 0. The van der Waals surface area contributed by atoms with Crippen molar-refractivity contribution in [2.45, 2.75) is 26.2 Å². The van der Waals surface area contributed by atoms with Crippen LogP contribution in [0.5, 0.6) is 0 Å². The van der Waals surface area contributed by atoms with Gasteiger partial charge in [0.25, 0.3) is 0 Å². The van der Waals surface area contributed by atoms with Crippen LogP contribution in [0.3, 0.4) is 0 Å². The molecular weight excluding hydrogens is 278 g/mol. The molecule has 1 heterocycles. The number of nitrogens with one attached hydrogen (secondary N) is 1. The topological polar surface area (TPSA) is 29.1 Å². The highest BCUT2D eigenvalue weighted by Crippen LogP contribution is 2.23. The van der Waals surface area contributed by atoms with Crippen LogP contribution < -0.4 is 5.32 Å². The lowest BCUT2D eigenvalue weighted by Crippen LogP contribution is -2.11. The number of aryl methyl sites for hydroxylation is 2. The summed E-state index contributed by atoms with van der Waals surface area (Å²) in [4.78, 5) is 13.1. The molecule has 0 aliphatic rings. The van der Waals surface area contributed by atoms with E-state index < -0.39 is 0 Å². The molecule has 0 aliphatic heterocycles. The molecule has 1 aromatic carbocycles. The van der Waals surface area contributed by atoms with E-state index in [0.29, 0.717) is 17.1 Å². The fourth-order valence-corrected chi connectivity index (χ4v) is 2.85. The second-order valence-electron chi connectivity index (χ2n) is 4.46. The largest absolute Gasteiger partial charge is 0.325 e. The summed E-state index contributed by atoms with van der Waals surface area (Å²) in [5, 5.41) is 5.50. The number of hydrogen-bond acceptors (Lipinski definition) is 2. The minimum absolute atomic E-state index is 0.0160. The first-order valence-corrected chi connectivity index (χ1v) is 7.49. The molecule has 19 heavy (non-hydrogen) atoms. The molecule has 0 saturated heterocycles. The first kappa shape index (κ1) is 14.1. The number of hydrogen-bond donors (Lipinski definition) is 1. The highest BCUT2D eigenvalue weighted by molar-refractivity contribution is 7.09. The maximum Gasteiger partial charge on any atom is 0.224 e. The van der Waals surface area contributed by atoms with E-state index in [0.717, 1.165) is 18.4 Å². The SMILES string of the molecule is Cc1ccc(NC(=O)CCCc2cccs2)c(Cl)c1. The predicted molar refractivity (Wildman–Crippen MR) is 82.1 cm³/mol. The van der Waals surface area contributed by atoms with E-state index in [1.54, 1.807) is 11.3 Å². The first-order chi connectivity index (χ1) is 9.15. The van der Waals surface area contributed by atoms with E-state index in [-0.39, 0.29) is 5.91 Å². The third kappa shape index (κ3) is 4.37. The molecule has 0 unspecified atom stereocenters. The Kier molecular flexibility index (Phi) is 5.00. The van der Waals surface area contributed by atoms with Gasteiger partial charge in [-0.25, -0.2) is 0 Å². The van der Waals surface area contributed by atoms with Crippen LogP contribution in [0.2, 0.25) is 5.02 Å². The molecular formula is C15H16ClNOS. The summed E-state index contributed by atoms with van der Waals surface area (Å²) in [7, 11) is 0. The molecule has 4 heteroatoms. The molecule has 2 rings (SSSR count). The van der Waals surface area contributed by atoms with Crippen LogP contribution in [0.1, 0.15) is 23.3 Å². The Hall–Kier alpha value is -1.32. The van der Waals surface area contributed by atoms with Crippen molar-refractivity contribution < 1.29 is 4.79 Å². The standard InChI is InChI=1S/C15H16ClNOS/c1-11-7-8-14(13(16)10-11)17-15(18)6-2-4-12-5-3-9-19-12/h3,5,7-10H,2,4,6H2,1H3,(H,17,18). The monoisotopic (exact) mass is 293 g/mol. The van der Waals surface area contributed by atoms with E-state index in [4.69, 9.17) is 11.6 Å². The molecule has 0 atom stereocenters. The normalized spacial score (nSPS) is 10.4. The highest BCUT2D eigenvalue weighted by Gasteiger charge is 2.06. The summed E-state index contributed by atoms with van der Waals surface area (Å²) in [6.45, 7) is 1.97. The number of thiophene rings is 1. The summed E-state index contributed by atoms with van der Waals surface area (Å²) in [6.07, 6.45) is 2.32. The predicted octanol–water partition coefficient (Wildman–Crippen LogP) is 4.67. The van der Waals surface area contributed by atoms with Gasteiger partial charge in [-0.05, 0) is 48.9 Å². The van der Waals surface area contributed by atoms with Gasteiger partial charge in [0.2, 0.25) is 5.91 Å². The number of anilines is 1. The summed E-state index contributed by atoms with van der Waals surface area (Å²) in [6, 6.07) is 9.76. The Morgan fingerprint density at radius 1 is 1.37 bits per heavy atom. The second kappa shape index (κ2) is 6.73. The Balaban J connectivity index is 1.80. The average molecular weight is 294 g/mol. The summed E-state index contributed by atoms with van der Waals surface area (Å²) in [5.41, 5.74) is 1.77. The quantitative estimate of drug-likeness (QED) is 0.852. The zero-order chi connectivity index (χ0) is 13.7. The first-order valence-electron chi connectivity index (χ1n) is 6.23. The summed E-state index contributed by atoms with van der Waals surface area (Å²) in [5.74, 6) is 0.0160. The van der Waals surface area contributed by atoms with Gasteiger partial charge in [0.05, 0.1) is 10.7 Å². The number of amides is 1. The van der Waals surface area contributed by atoms with Crippen LogP contribution in [0, 0.1) is 6.92 Å². The molecule has 0 spiro atoms. The van der Waals surface area contributed by atoms with Crippen molar-refractivity contribution in [3.8, 4) is 0 Å². The van der Waals surface area contributed by atoms with Gasteiger partial charge in [-0.2, -0.15) is 0 Å².